The van der Waals surface area contributed by atoms with E-state index in [1.807, 2.05) is 0 Å². The van der Waals surface area contributed by atoms with Crippen LogP contribution in [0.1, 0.15) is 12.6 Å². The number of nitrogen functional groups attached to an aromatic ring is 1. The van der Waals surface area contributed by atoms with E-state index in [1.165, 1.54) is 18.2 Å². The predicted molar refractivity (Wildman–Crippen MR) is 77.9 cm³/mol. The Balaban J connectivity index is 2.57. The smallest absolute Gasteiger partial charge is 0.275 e. The predicted octanol–water partition coefficient (Wildman–Crippen LogP) is 2.39. The number of nitrogens with two attached hydrogens (primary N) is 1. The lowest BCUT2D eigenvalue weighted by atomic mass is 10.3. The molecule has 0 aliphatic rings. The average molecular weight is 315 g/mol. The van der Waals surface area contributed by atoms with Crippen LogP contribution in [-0.2, 0) is 10.0 Å². The number of aryl methyl sites for hydroxylation is 1. The van der Waals surface area contributed by atoms with Gasteiger partial charge in [0.05, 0.1) is 11.4 Å². The third-order valence-corrected chi connectivity index (χ3v) is 6.17. The van der Waals surface area contributed by atoms with Crippen LogP contribution < -0.4 is 10.0 Å². The Morgan fingerprint density at radius 1 is 1.40 bits per heavy atom. The van der Waals surface area contributed by atoms with Gasteiger partial charge in [-0.25, -0.2) is 17.8 Å². The summed E-state index contributed by atoms with van der Waals surface area (Å²) in [5.41, 5.74) is 5.87. The first-order chi connectivity index (χ1) is 9.37. The topological polar surface area (TPSA) is 76.3 Å². The van der Waals surface area contributed by atoms with Crippen LogP contribution in [0.2, 0.25) is 0 Å². The van der Waals surface area contributed by atoms with Gasteiger partial charge in [0, 0.05) is 6.54 Å². The van der Waals surface area contributed by atoms with Crippen LogP contribution in [0.25, 0.3) is 0 Å². The second-order valence-electron chi connectivity index (χ2n) is 4.05. The van der Waals surface area contributed by atoms with Gasteiger partial charge in [-0.1, -0.05) is 23.5 Å². The van der Waals surface area contributed by atoms with Gasteiger partial charge in [0.15, 0.2) is 9.34 Å². The summed E-state index contributed by atoms with van der Waals surface area (Å²) in [5, 5.41) is 0.172. The minimum atomic E-state index is -3.87. The standard InChI is InChI=1S/C12H14FN3O2S2/c1-3-16(10-7-5-4-6-9(10)13)20(17,18)11-8(2)15-12(14)19-11/h4-7H,3H2,1-2H3,(H2,14,15). The lowest BCUT2D eigenvalue weighted by Crippen LogP contribution is -2.31. The number of anilines is 2. The lowest BCUT2D eigenvalue weighted by molar-refractivity contribution is 0.587. The third-order valence-electron chi connectivity index (χ3n) is 2.70. The van der Waals surface area contributed by atoms with E-state index in [1.54, 1.807) is 19.9 Å². The molecule has 108 valence electrons. The Morgan fingerprint density at radius 3 is 2.55 bits per heavy atom. The number of sulfonamides is 1. The van der Waals surface area contributed by atoms with Gasteiger partial charge in [0.2, 0.25) is 0 Å². The lowest BCUT2D eigenvalue weighted by Gasteiger charge is -2.22. The number of hydrogen-bond donors (Lipinski definition) is 1. The van der Waals surface area contributed by atoms with Gasteiger partial charge in [0.1, 0.15) is 5.82 Å². The van der Waals surface area contributed by atoms with Crippen molar-refractivity contribution in [2.45, 2.75) is 18.1 Å². The maximum atomic E-state index is 13.8. The zero-order valence-corrected chi connectivity index (χ0v) is 12.6. The molecule has 0 saturated carbocycles. The highest BCUT2D eigenvalue weighted by atomic mass is 32.2. The molecule has 5 nitrogen and oxygen atoms in total. The Hall–Kier alpha value is -1.67. The summed E-state index contributed by atoms with van der Waals surface area (Å²) in [7, 11) is -3.87. The Morgan fingerprint density at radius 2 is 2.05 bits per heavy atom. The van der Waals surface area contributed by atoms with E-state index in [2.05, 4.69) is 4.98 Å². The molecule has 0 aliphatic carbocycles. The monoisotopic (exact) mass is 315 g/mol. The Kier molecular flexibility index (Phi) is 3.96. The zero-order chi connectivity index (χ0) is 14.9. The van der Waals surface area contributed by atoms with E-state index < -0.39 is 15.8 Å². The molecule has 0 atom stereocenters. The maximum Gasteiger partial charge on any atom is 0.275 e. The first kappa shape index (κ1) is 14.7. The molecule has 8 heteroatoms. The molecule has 20 heavy (non-hydrogen) atoms. The molecule has 0 aliphatic heterocycles. The quantitative estimate of drug-likeness (QED) is 0.940. The molecular weight excluding hydrogens is 301 g/mol. The molecule has 0 radical (unpaired) electrons. The summed E-state index contributed by atoms with van der Waals surface area (Å²) in [5.74, 6) is -0.590. The van der Waals surface area contributed by atoms with Crippen LogP contribution in [-0.4, -0.2) is 19.9 Å². The SMILES string of the molecule is CCN(c1ccccc1F)S(=O)(=O)c1sc(N)nc1C. The molecule has 2 aromatic rings. The number of para-hydroxylation sites is 1. The molecule has 2 N–H and O–H groups in total. The largest absolute Gasteiger partial charge is 0.375 e. The number of rotatable bonds is 4. The number of nitrogens with zero attached hydrogens (tertiary/aromatic N) is 2. The van der Waals surface area contributed by atoms with Crippen LogP contribution >= 0.6 is 11.3 Å². The van der Waals surface area contributed by atoms with Gasteiger partial charge < -0.3 is 5.73 Å². The van der Waals surface area contributed by atoms with Gasteiger partial charge in [-0.05, 0) is 26.0 Å². The van der Waals surface area contributed by atoms with Crippen molar-refractivity contribution in [3.63, 3.8) is 0 Å². The molecule has 0 unspecified atom stereocenters. The molecule has 0 saturated heterocycles. The molecule has 0 spiro atoms. The van der Waals surface area contributed by atoms with Gasteiger partial charge in [-0.3, -0.25) is 4.31 Å². The van der Waals surface area contributed by atoms with E-state index in [4.69, 9.17) is 5.73 Å². The number of benzene rings is 1. The van der Waals surface area contributed by atoms with Gasteiger partial charge in [-0.2, -0.15) is 0 Å². The molecular formula is C12H14FN3O2S2. The van der Waals surface area contributed by atoms with Gasteiger partial charge >= 0.3 is 0 Å². The molecule has 0 fully saturated rings. The summed E-state index contributed by atoms with van der Waals surface area (Å²) in [6.07, 6.45) is 0. The highest BCUT2D eigenvalue weighted by Crippen LogP contribution is 2.31. The zero-order valence-electron chi connectivity index (χ0n) is 11.0. The molecule has 2 rings (SSSR count). The summed E-state index contributed by atoms with van der Waals surface area (Å²) in [6.45, 7) is 3.32. The van der Waals surface area contributed by atoms with Gasteiger partial charge in [0.25, 0.3) is 10.0 Å². The maximum absolute atomic E-state index is 13.8. The van der Waals surface area contributed by atoms with Crippen molar-refractivity contribution in [2.75, 3.05) is 16.6 Å². The first-order valence-electron chi connectivity index (χ1n) is 5.88. The van der Waals surface area contributed by atoms with Crippen molar-refractivity contribution in [2.24, 2.45) is 0 Å². The van der Waals surface area contributed by atoms with Crippen LogP contribution in [0.3, 0.4) is 0 Å². The highest BCUT2D eigenvalue weighted by molar-refractivity contribution is 7.94. The minimum absolute atomic E-state index is 0.0152. The Bertz CT molecular complexity index is 728. The second-order valence-corrected chi connectivity index (χ2v) is 7.13. The molecule has 1 aromatic heterocycles. The highest BCUT2D eigenvalue weighted by Gasteiger charge is 2.29. The normalized spacial score (nSPS) is 11.6. The van der Waals surface area contributed by atoms with Crippen molar-refractivity contribution < 1.29 is 12.8 Å². The Labute approximate surface area is 120 Å². The van der Waals surface area contributed by atoms with Crippen LogP contribution in [0.5, 0.6) is 0 Å². The van der Waals surface area contributed by atoms with E-state index in [9.17, 15) is 12.8 Å². The first-order valence-corrected chi connectivity index (χ1v) is 8.13. The van der Waals surface area contributed by atoms with E-state index >= 15 is 0 Å². The number of thiazole rings is 1. The van der Waals surface area contributed by atoms with Crippen LogP contribution in [0, 0.1) is 12.7 Å². The number of halogens is 1. The van der Waals surface area contributed by atoms with Crippen LogP contribution in [0.15, 0.2) is 28.5 Å². The fourth-order valence-electron chi connectivity index (χ4n) is 1.87. The third kappa shape index (κ3) is 2.48. The van der Waals surface area contributed by atoms with Gasteiger partial charge in [-0.15, -0.1) is 0 Å². The second kappa shape index (κ2) is 5.37. The molecule has 0 amide bonds. The van der Waals surface area contributed by atoms with E-state index in [0.717, 1.165) is 15.6 Å². The number of aromatic nitrogens is 1. The minimum Gasteiger partial charge on any atom is -0.375 e. The van der Waals surface area contributed by atoms with Crippen molar-refractivity contribution in [3.8, 4) is 0 Å². The molecule has 0 bridgehead atoms. The summed E-state index contributed by atoms with van der Waals surface area (Å²) in [6, 6.07) is 5.75. The summed E-state index contributed by atoms with van der Waals surface area (Å²) in [4.78, 5) is 3.91. The van der Waals surface area contributed by atoms with Crippen molar-refractivity contribution in [1.29, 1.82) is 0 Å². The molecule has 1 aromatic carbocycles. The molecule has 1 heterocycles. The van der Waals surface area contributed by atoms with E-state index in [-0.39, 0.29) is 21.6 Å². The summed E-state index contributed by atoms with van der Waals surface area (Å²) < 4.78 is 40.1. The fraction of sp³-hybridized carbons (Fsp3) is 0.250. The fourth-order valence-corrected chi connectivity index (χ4v) is 4.74. The number of hydrogen-bond acceptors (Lipinski definition) is 5. The summed E-state index contributed by atoms with van der Waals surface area (Å²) >= 11 is 0.880. The van der Waals surface area contributed by atoms with Crippen LogP contribution in [0.4, 0.5) is 15.2 Å². The average Bonchev–Trinajstić information content (AvgIpc) is 2.72. The van der Waals surface area contributed by atoms with E-state index in [0.29, 0.717) is 5.69 Å². The van der Waals surface area contributed by atoms with Crippen molar-refractivity contribution in [1.82, 2.24) is 4.98 Å². The van der Waals surface area contributed by atoms with Crippen molar-refractivity contribution in [3.05, 3.63) is 35.8 Å². The van der Waals surface area contributed by atoms with Crippen molar-refractivity contribution >= 4 is 32.2 Å².